The molecule has 5 rings (SSSR count). The summed E-state index contributed by atoms with van der Waals surface area (Å²) in [5.74, 6) is 1.12. The number of aromatic nitrogens is 2. The number of halogens is 1. The second-order valence-electron chi connectivity index (χ2n) is 9.72. The number of likely N-dealkylation sites (tertiary alicyclic amines) is 2. The second-order valence-corrected chi connectivity index (χ2v) is 9.72. The number of carbonyl (C=O) groups excluding carboxylic acids is 2. The minimum atomic E-state index is -0.336. The molecule has 8 heteroatoms. The third kappa shape index (κ3) is 5.16. The Kier molecular flexibility index (Phi) is 6.70. The van der Waals surface area contributed by atoms with Crippen LogP contribution >= 0.6 is 0 Å². The van der Waals surface area contributed by atoms with Gasteiger partial charge in [-0.3, -0.25) is 9.59 Å². The van der Waals surface area contributed by atoms with Crippen LogP contribution in [0, 0.1) is 11.7 Å². The van der Waals surface area contributed by atoms with E-state index in [1.165, 1.54) is 29.8 Å². The van der Waals surface area contributed by atoms with Crippen molar-refractivity contribution in [2.45, 2.75) is 38.5 Å². The smallest absolute Gasteiger partial charge is 0.260 e. The average molecular weight is 479 g/mol. The number of amides is 2. The molecule has 2 saturated heterocycles. The highest BCUT2D eigenvalue weighted by Gasteiger charge is 2.27. The Morgan fingerprint density at radius 3 is 2.40 bits per heavy atom. The molecule has 1 aromatic carbocycles. The molecule has 0 saturated carbocycles. The van der Waals surface area contributed by atoms with Crippen molar-refractivity contribution in [1.29, 1.82) is 0 Å². The van der Waals surface area contributed by atoms with Gasteiger partial charge in [-0.05, 0) is 79.5 Å². The molecule has 0 radical (unpaired) electrons. The molecule has 35 heavy (non-hydrogen) atoms. The minimum Gasteiger partial charge on any atom is -0.484 e. The predicted molar refractivity (Wildman–Crippen MR) is 130 cm³/mol. The Hall–Kier alpha value is -3.42. The van der Waals surface area contributed by atoms with Crippen molar-refractivity contribution < 1.29 is 18.7 Å². The molecule has 4 heterocycles. The number of rotatable bonds is 5. The molecule has 2 aliphatic heterocycles. The first-order valence-electron chi connectivity index (χ1n) is 12.4. The van der Waals surface area contributed by atoms with Gasteiger partial charge in [0.25, 0.3) is 11.8 Å². The highest BCUT2D eigenvalue weighted by molar-refractivity contribution is 6.00. The number of ether oxygens (including phenoxy) is 1. The van der Waals surface area contributed by atoms with Gasteiger partial charge in [-0.25, -0.2) is 8.91 Å². The number of benzene rings is 1. The molecule has 3 aromatic rings. The zero-order valence-corrected chi connectivity index (χ0v) is 20.0. The van der Waals surface area contributed by atoms with Crippen LogP contribution in [-0.2, 0) is 4.79 Å². The van der Waals surface area contributed by atoms with Crippen LogP contribution in [0.1, 0.15) is 54.4 Å². The molecule has 184 valence electrons. The summed E-state index contributed by atoms with van der Waals surface area (Å²) in [5.41, 5.74) is 2.68. The van der Waals surface area contributed by atoms with Crippen molar-refractivity contribution in [1.82, 2.24) is 19.4 Å². The first kappa shape index (κ1) is 23.3. The molecule has 2 amide bonds. The third-order valence-corrected chi connectivity index (χ3v) is 7.34. The first-order chi connectivity index (χ1) is 17.0. The molecule has 0 spiro atoms. The van der Waals surface area contributed by atoms with E-state index < -0.39 is 0 Å². The quantitative estimate of drug-likeness (QED) is 0.553. The van der Waals surface area contributed by atoms with E-state index in [0.717, 1.165) is 44.3 Å². The highest BCUT2D eigenvalue weighted by Crippen LogP contribution is 2.30. The fraction of sp³-hybridized carbons (Fsp3) is 0.444. The summed E-state index contributed by atoms with van der Waals surface area (Å²) in [6.07, 6.45) is 7.39. The Morgan fingerprint density at radius 1 is 1.00 bits per heavy atom. The van der Waals surface area contributed by atoms with Crippen molar-refractivity contribution in [3.8, 4) is 5.75 Å². The summed E-state index contributed by atoms with van der Waals surface area (Å²) in [4.78, 5) is 29.5. The van der Waals surface area contributed by atoms with Gasteiger partial charge in [0.05, 0.1) is 17.3 Å². The molecule has 0 bridgehead atoms. The fourth-order valence-electron chi connectivity index (χ4n) is 5.03. The summed E-state index contributed by atoms with van der Waals surface area (Å²) in [6, 6.07) is 9.82. The van der Waals surface area contributed by atoms with Gasteiger partial charge in [0.1, 0.15) is 11.6 Å². The molecule has 0 unspecified atom stereocenters. The van der Waals surface area contributed by atoms with Crippen molar-refractivity contribution in [3.05, 3.63) is 65.7 Å². The molecule has 0 N–H and O–H groups in total. The average Bonchev–Trinajstić information content (AvgIpc) is 3.31. The van der Waals surface area contributed by atoms with Crippen LogP contribution in [0.15, 0.2) is 48.8 Å². The van der Waals surface area contributed by atoms with Crippen molar-refractivity contribution in [2.24, 2.45) is 5.92 Å². The zero-order valence-electron chi connectivity index (χ0n) is 20.0. The molecule has 2 aliphatic rings. The van der Waals surface area contributed by atoms with Gasteiger partial charge in [-0.1, -0.05) is 6.92 Å². The van der Waals surface area contributed by atoms with E-state index in [-0.39, 0.29) is 24.2 Å². The lowest BCUT2D eigenvalue weighted by Gasteiger charge is -2.32. The van der Waals surface area contributed by atoms with Gasteiger partial charge in [-0.2, -0.15) is 5.10 Å². The molecule has 0 atom stereocenters. The number of carbonyl (C=O) groups is 2. The van der Waals surface area contributed by atoms with E-state index in [1.807, 2.05) is 16.0 Å². The van der Waals surface area contributed by atoms with E-state index >= 15 is 0 Å². The third-order valence-electron chi connectivity index (χ3n) is 7.34. The monoisotopic (exact) mass is 478 g/mol. The van der Waals surface area contributed by atoms with Gasteiger partial charge in [0, 0.05) is 32.4 Å². The summed E-state index contributed by atoms with van der Waals surface area (Å²) >= 11 is 0. The number of fused-ring (bicyclic) bond motifs is 1. The summed E-state index contributed by atoms with van der Waals surface area (Å²) in [5, 5.41) is 4.40. The number of nitrogens with zero attached hydrogens (tertiary/aromatic N) is 4. The molecular weight excluding hydrogens is 447 g/mol. The largest absolute Gasteiger partial charge is 0.484 e. The Balaban J connectivity index is 1.20. The molecule has 2 aromatic heterocycles. The maximum absolute atomic E-state index is 13.2. The van der Waals surface area contributed by atoms with Crippen LogP contribution < -0.4 is 4.74 Å². The molecule has 7 nitrogen and oxygen atoms in total. The maximum atomic E-state index is 13.2. The number of hydrogen-bond donors (Lipinski definition) is 0. The molecule has 2 fully saturated rings. The number of pyridine rings is 1. The normalized spacial score (nSPS) is 17.7. The minimum absolute atomic E-state index is 0.0567. The Bertz CT molecular complexity index is 1190. The first-order valence-corrected chi connectivity index (χ1v) is 12.4. The molecular formula is C27H31FN4O3. The van der Waals surface area contributed by atoms with Gasteiger partial charge in [-0.15, -0.1) is 0 Å². The second kappa shape index (κ2) is 10.1. The Morgan fingerprint density at radius 2 is 1.69 bits per heavy atom. The fourth-order valence-corrected chi connectivity index (χ4v) is 5.03. The summed E-state index contributed by atoms with van der Waals surface area (Å²) in [6.45, 7) is 5.08. The van der Waals surface area contributed by atoms with Gasteiger partial charge < -0.3 is 14.5 Å². The van der Waals surface area contributed by atoms with E-state index in [9.17, 15) is 14.0 Å². The van der Waals surface area contributed by atoms with Crippen LogP contribution in [0.4, 0.5) is 4.39 Å². The summed E-state index contributed by atoms with van der Waals surface area (Å²) < 4.78 is 20.3. The summed E-state index contributed by atoms with van der Waals surface area (Å²) in [7, 11) is 0. The van der Waals surface area contributed by atoms with Crippen LogP contribution in [0.3, 0.4) is 0 Å². The number of hydrogen-bond acceptors (Lipinski definition) is 4. The lowest BCUT2D eigenvalue weighted by Crippen LogP contribution is -2.40. The predicted octanol–water partition coefficient (Wildman–Crippen LogP) is 4.13. The van der Waals surface area contributed by atoms with Gasteiger partial charge in [0.2, 0.25) is 0 Å². The van der Waals surface area contributed by atoms with Gasteiger partial charge in [0.15, 0.2) is 6.61 Å². The lowest BCUT2D eigenvalue weighted by molar-refractivity contribution is -0.134. The lowest BCUT2D eigenvalue weighted by atomic mass is 9.89. The molecule has 0 aliphatic carbocycles. The SMILES string of the molecule is CC1CCN(C(=O)c2cnn3ccc(C4CCN(C(=O)COc5ccc(F)cc5)CC4)cc23)CC1. The van der Waals surface area contributed by atoms with Crippen molar-refractivity contribution >= 4 is 17.3 Å². The van der Waals surface area contributed by atoms with Crippen LogP contribution in [0.5, 0.6) is 5.75 Å². The van der Waals surface area contributed by atoms with E-state index in [4.69, 9.17) is 4.74 Å². The topological polar surface area (TPSA) is 67.2 Å². The van der Waals surface area contributed by atoms with E-state index in [2.05, 4.69) is 24.2 Å². The van der Waals surface area contributed by atoms with E-state index in [1.54, 1.807) is 10.7 Å². The van der Waals surface area contributed by atoms with Crippen molar-refractivity contribution in [3.63, 3.8) is 0 Å². The van der Waals surface area contributed by atoms with Crippen LogP contribution in [-0.4, -0.2) is 64.0 Å². The Labute approximate surface area is 204 Å². The standard InChI is InChI=1S/C27H31FN4O3/c1-19-6-11-31(12-7-19)27(34)24-17-29-32-15-10-21(16-25(24)32)20-8-13-30(14-9-20)26(33)18-35-23-4-2-22(28)3-5-23/h2-5,10,15-17,19-20H,6-9,11-14,18H2,1H3. The van der Waals surface area contributed by atoms with Crippen LogP contribution in [0.2, 0.25) is 0 Å². The maximum Gasteiger partial charge on any atom is 0.260 e. The van der Waals surface area contributed by atoms with Crippen molar-refractivity contribution in [2.75, 3.05) is 32.8 Å². The highest BCUT2D eigenvalue weighted by atomic mass is 19.1. The van der Waals surface area contributed by atoms with Crippen LogP contribution in [0.25, 0.3) is 5.52 Å². The zero-order chi connectivity index (χ0) is 24.4. The number of piperidine rings is 2. The van der Waals surface area contributed by atoms with E-state index in [0.29, 0.717) is 36.2 Å². The van der Waals surface area contributed by atoms with Gasteiger partial charge >= 0.3 is 0 Å².